The van der Waals surface area contributed by atoms with E-state index in [1.165, 1.54) is 6.07 Å². The number of hydrogen-bond donors (Lipinski definition) is 1. The first-order valence-corrected chi connectivity index (χ1v) is 8.00. The van der Waals surface area contributed by atoms with Crippen molar-refractivity contribution in [3.05, 3.63) is 63.6 Å². The smallest absolute Gasteiger partial charge is 0.387 e. The fourth-order valence-electron chi connectivity index (χ4n) is 2.77. The second-order valence-electron chi connectivity index (χ2n) is 5.47. The van der Waals surface area contributed by atoms with Crippen LogP contribution in [0.3, 0.4) is 0 Å². The lowest BCUT2D eigenvalue weighted by Crippen LogP contribution is -2.27. The van der Waals surface area contributed by atoms with Gasteiger partial charge in [0.15, 0.2) is 5.54 Å². The molecule has 0 spiro atoms. The SMILES string of the molecule is Cc1cc([C@]2(c3cccc(Br)c3)COC(N)=N2)ccc1OC(F)F. The molecule has 0 saturated carbocycles. The van der Waals surface area contributed by atoms with Crippen molar-refractivity contribution in [3.8, 4) is 5.75 Å². The van der Waals surface area contributed by atoms with Crippen molar-refractivity contribution in [1.29, 1.82) is 0 Å². The summed E-state index contributed by atoms with van der Waals surface area (Å²) in [4.78, 5) is 4.50. The van der Waals surface area contributed by atoms with E-state index in [0.29, 0.717) is 5.56 Å². The lowest BCUT2D eigenvalue weighted by Gasteiger charge is -2.26. The fraction of sp³-hybridized carbons (Fsp3) is 0.235. The Morgan fingerprint density at radius 3 is 2.58 bits per heavy atom. The molecule has 4 nitrogen and oxygen atoms in total. The summed E-state index contributed by atoms with van der Waals surface area (Å²) >= 11 is 3.45. The van der Waals surface area contributed by atoms with E-state index in [9.17, 15) is 8.78 Å². The predicted octanol–water partition coefficient (Wildman–Crippen LogP) is 3.95. The monoisotopic (exact) mass is 396 g/mol. The van der Waals surface area contributed by atoms with Crippen molar-refractivity contribution < 1.29 is 18.3 Å². The van der Waals surface area contributed by atoms with Crippen LogP contribution in [0.1, 0.15) is 16.7 Å². The molecule has 1 aliphatic heterocycles. The molecule has 2 N–H and O–H groups in total. The van der Waals surface area contributed by atoms with Crippen LogP contribution in [0.15, 0.2) is 51.9 Å². The molecule has 0 aliphatic carbocycles. The Balaban J connectivity index is 2.10. The van der Waals surface area contributed by atoms with E-state index in [1.54, 1.807) is 19.1 Å². The van der Waals surface area contributed by atoms with Gasteiger partial charge in [0.25, 0.3) is 6.02 Å². The van der Waals surface area contributed by atoms with Gasteiger partial charge in [0.2, 0.25) is 0 Å². The molecule has 2 aromatic rings. The fourth-order valence-corrected chi connectivity index (χ4v) is 3.17. The molecule has 7 heteroatoms. The van der Waals surface area contributed by atoms with Gasteiger partial charge in [-0.15, -0.1) is 0 Å². The first-order chi connectivity index (χ1) is 11.4. The first kappa shape index (κ1) is 16.7. The second-order valence-corrected chi connectivity index (χ2v) is 6.38. The molecule has 0 saturated heterocycles. The number of hydrogen-bond acceptors (Lipinski definition) is 4. The summed E-state index contributed by atoms with van der Waals surface area (Å²) in [7, 11) is 0. The normalized spacial score (nSPS) is 20.0. The van der Waals surface area contributed by atoms with Gasteiger partial charge in [-0.3, -0.25) is 0 Å². The first-order valence-electron chi connectivity index (χ1n) is 7.21. The molecular weight excluding hydrogens is 382 g/mol. The van der Waals surface area contributed by atoms with Crippen molar-refractivity contribution in [3.63, 3.8) is 0 Å². The average Bonchev–Trinajstić information content (AvgIpc) is 2.92. The topological polar surface area (TPSA) is 56.8 Å². The third-order valence-electron chi connectivity index (χ3n) is 3.90. The molecule has 0 bridgehead atoms. The van der Waals surface area contributed by atoms with Crippen molar-refractivity contribution in [2.45, 2.75) is 19.1 Å². The van der Waals surface area contributed by atoms with E-state index in [2.05, 4.69) is 25.7 Å². The lowest BCUT2D eigenvalue weighted by atomic mass is 9.83. The number of rotatable bonds is 4. The van der Waals surface area contributed by atoms with Crippen LogP contribution >= 0.6 is 15.9 Å². The molecule has 1 heterocycles. The van der Waals surface area contributed by atoms with E-state index < -0.39 is 12.2 Å². The van der Waals surface area contributed by atoms with Crippen molar-refractivity contribution in [2.75, 3.05) is 6.61 Å². The Morgan fingerprint density at radius 1 is 1.25 bits per heavy atom. The van der Waals surface area contributed by atoms with Gasteiger partial charge >= 0.3 is 6.61 Å². The molecule has 0 radical (unpaired) electrons. The van der Waals surface area contributed by atoms with E-state index in [1.807, 2.05) is 24.3 Å². The minimum atomic E-state index is -2.86. The highest BCUT2D eigenvalue weighted by Gasteiger charge is 2.40. The number of halogens is 3. The molecule has 0 fully saturated rings. The Hall–Kier alpha value is -2.15. The highest BCUT2D eigenvalue weighted by Crippen LogP contribution is 2.39. The van der Waals surface area contributed by atoms with E-state index in [-0.39, 0.29) is 18.4 Å². The maximum absolute atomic E-state index is 12.5. The number of alkyl halides is 2. The Kier molecular flexibility index (Phi) is 4.45. The molecule has 1 aliphatic rings. The summed E-state index contributed by atoms with van der Waals surface area (Å²) < 4.78 is 35.7. The van der Waals surface area contributed by atoms with Gasteiger partial charge in [0.05, 0.1) is 0 Å². The molecule has 0 aromatic heterocycles. The number of ether oxygens (including phenoxy) is 2. The van der Waals surface area contributed by atoms with E-state index >= 15 is 0 Å². The number of aliphatic imine (C=N–C) groups is 1. The van der Waals surface area contributed by atoms with Crippen LogP contribution in [-0.2, 0) is 10.3 Å². The molecule has 3 rings (SSSR count). The summed E-state index contributed by atoms with van der Waals surface area (Å²) in [6.07, 6.45) is 0. The minimum absolute atomic E-state index is 0.0977. The zero-order valence-electron chi connectivity index (χ0n) is 12.8. The summed E-state index contributed by atoms with van der Waals surface area (Å²) in [6.45, 7) is -0.917. The maximum Gasteiger partial charge on any atom is 0.387 e. The predicted molar refractivity (Wildman–Crippen MR) is 90.3 cm³/mol. The Bertz CT molecular complexity index is 798. The minimum Gasteiger partial charge on any atom is -0.462 e. The summed E-state index contributed by atoms with van der Waals surface area (Å²) in [5.74, 6) is 0.133. The molecule has 1 atom stereocenters. The zero-order valence-corrected chi connectivity index (χ0v) is 14.4. The molecule has 0 unspecified atom stereocenters. The highest BCUT2D eigenvalue weighted by atomic mass is 79.9. The molecular formula is C17H15BrF2N2O2. The quantitative estimate of drug-likeness (QED) is 0.850. The molecule has 24 heavy (non-hydrogen) atoms. The van der Waals surface area contributed by atoms with Crippen LogP contribution in [0, 0.1) is 6.92 Å². The third-order valence-corrected chi connectivity index (χ3v) is 4.39. The Labute approximate surface area is 146 Å². The van der Waals surface area contributed by atoms with Gasteiger partial charge in [-0.05, 0) is 47.9 Å². The van der Waals surface area contributed by atoms with Gasteiger partial charge in [-0.1, -0.05) is 34.1 Å². The molecule has 2 aromatic carbocycles. The number of benzene rings is 2. The van der Waals surface area contributed by atoms with Crippen LogP contribution in [-0.4, -0.2) is 19.2 Å². The maximum atomic E-state index is 12.5. The van der Waals surface area contributed by atoms with E-state index in [0.717, 1.165) is 15.6 Å². The van der Waals surface area contributed by atoms with Gasteiger partial charge in [-0.25, -0.2) is 4.99 Å². The van der Waals surface area contributed by atoms with Gasteiger partial charge in [0, 0.05) is 4.47 Å². The highest BCUT2D eigenvalue weighted by molar-refractivity contribution is 9.10. The third kappa shape index (κ3) is 3.08. The average molecular weight is 397 g/mol. The summed E-state index contributed by atoms with van der Waals surface area (Å²) in [5, 5.41) is 0. The summed E-state index contributed by atoms with van der Waals surface area (Å²) in [6, 6.07) is 12.7. The van der Waals surface area contributed by atoms with Crippen LogP contribution in [0.4, 0.5) is 8.78 Å². The summed E-state index contributed by atoms with van der Waals surface area (Å²) in [5.41, 5.74) is 7.20. The number of nitrogens with zero attached hydrogens (tertiary/aromatic N) is 1. The standard InChI is InChI=1S/C17H15BrF2N2O2/c1-10-7-12(5-6-14(10)24-15(19)20)17(9-23-16(21)22-17)11-3-2-4-13(18)8-11/h2-8,15H,9H2,1H3,(H2,21,22)/t17-/m1/s1. The van der Waals surface area contributed by atoms with E-state index in [4.69, 9.17) is 10.5 Å². The second kappa shape index (κ2) is 6.39. The largest absolute Gasteiger partial charge is 0.462 e. The number of aryl methyl sites for hydroxylation is 1. The van der Waals surface area contributed by atoms with Gasteiger partial charge in [0.1, 0.15) is 12.4 Å². The molecule has 126 valence electrons. The lowest BCUT2D eigenvalue weighted by molar-refractivity contribution is -0.0503. The Morgan fingerprint density at radius 2 is 2.00 bits per heavy atom. The van der Waals surface area contributed by atoms with Crippen molar-refractivity contribution in [2.24, 2.45) is 10.7 Å². The van der Waals surface area contributed by atoms with Crippen molar-refractivity contribution >= 4 is 22.0 Å². The molecule has 0 amide bonds. The van der Waals surface area contributed by atoms with Crippen LogP contribution in [0.5, 0.6) is 5.75 Å². The van der Waals surface area contributed by atoms with Gasteiger partial charge in [-0.2, -0.15) is 8.78 Å². The van der Waals surface area contributed by atoms with Gasteiger partial charge < -0.3 is 15.2 Å². The zero-order chi connectivity index (χ0) is 17.3. The van der Waals surface area contributed by atoms with Crippen LogP contribution in [0.2, 0.25) is 0 Å². The number of amidine groups is 1. The van der Waals surface area contributed by atoms with Crippen molar-refractivity contribution in [1.82, 2.24) is 0 Å². The van der Waals surface area contributed by atoms with Crippen LogP contribution < -0.4 is 10.5 Å². The number of nitrogens with two attached hydrogens (primary N) is 1. The van der Waals surface area contributed by atoms with Crippen LogP contribution in [0.25, 0.3) is 0 Å².